The van der Waals surface area contributed by atoms with Crippen LogP contribution in [0.2, 0.25) is 10.0 Å². The number of hydrogen-bond donors (Lipinski definition) is 1. The molecular formula is C10H7Cl2N7O. The van der Waals surface area contributed by atoms with Gasteiger partial charge in [0.25, 0.3) is 0 Å². The Morgan fingerprint density at radius 3 is 2.50 bits per heavy atom. The SMILES string of the molecule is COc1nc(N=[N+]=[N-])nc(Nc2cc(Cl)cc(Cl)c2)n1. The Kier molecular flexibility index (Phi) is 4.41. The molecule has 2 rings (SSSR count). The van der Waals surface area contributed by atoms with Crippen LogP contribution >= 0.6 is 23.2 Å². The molecule has 0 saturated carbocycles. The maximum Gasteiger partial charge on any atom is 0.321 e. The molecule has 0 aliphatic rings. The number of halogens is 2. The fraction of sp³-hybridized carbons (Fsp3) is 0.100. The summed E-state index contributed by atoms with van der Waals surface area (Å²) in [5.74, 6) is 0.0209. The van der Waals surface area contributed by atoms with Gasteiger partial charge in [0.05, 0.1) is 7.11 Å². The topological polar surface area (TPSA) is 109 Å². The summed E-state index contributed by atoms with van der Waals surface area (Å²) < 4.78 is 4.89. The minimum Gasteiger partial charge on any atom is -0.467 e. The number of nitrogens with zero attached hydrogens (tertiary/aromatic N) is 6. The van der Waals surface area contributed by atoms with E-state index < -0.39 is 0 Å². The van der Waals surface area contributed by atoms with Crippen LogP contribution in [0.5, 0.6) is 6.01 Å². The number of rotatable bonds is 4. The number of ether oxygens (including phenoxy) is 1. The van der Waals surface area contributed by atoms with Crippen LogP contribution < -0.4 is 10.1 Å². The lowest BCUT2D eigenvalue weighted by atomic mass is 10.3. The van der Waals surface area contributed by atoms with Crippen LogP contribution in [0.1, 0.15) is 0 Å². The van der Waals surface area contributed by atoms with Crippen LogP contribution in [0.15, 0.2) is 23.3 Å². The predicted octanol–water partition coefficient (Wildman–Crippen LogP) is 3.87. The van der Waals surface area contributed by atoms with E-state index >= 15 is 0 Å². The summed E-state index contributed by atoms with van der Waals surface area (Å²) in [6.45, 7) is 0. The van der Waals surface area contributed by atoms with Gasteiger partial charge >= 0.3 is 6.01 Å². The number of methoxy groups -OCH3 is 1. The molecule has 1 aromatic carbocycles. The molecule has 102 valence electrons. The molecule has 0 spiro atoms. The first kappa shape index (κ1) is 14.1. The Bertz CT molecular complexity index is 667. The van der Waals surface area contributed by atoms with Crippen molar-refractivity contribution in [3.63, 3.8) is 0 Å². The normalized spacial score (nSPS) is 9.75. The summed E-state index contributed by atoms with van der Waals surface area (Å²) in [5.41, 5.74) is 8.97. The highest BCUT2D eigenvalue weighted by atomic mass is 35.5. The van der Waals surface area contributed by atoms with Gasteiger partial charge in [-0.05, 0) is 28.8 Å². The van der Waals surface area contributed by atoms with Gasteiger partial charge in [0.2, 0.25) is 11.9 Å². The minimum absolute atomic E-state index is 0.0121. The smallest absolute Gasteiger partial charge is 0.321 e. The van der Waals surface area contributed by atoms with Gasteiger partial charge in [-0.1, -0.05) is 23.2 Å². The first-order chi connectivity index (χ1) is 9.60. The molecule has 0 fully saturated rings. The number of aromatic nitrogens is 3. The average Bonchev–Trinajstić information content (AvgIpc) is 2.37. The van der Waals surface area contributed by atoms with Crippen molar-refractivity contribution in [1.29, 1.82) is 0 Å². The van der Waals surface area contributed by atoms with E-state index in [0.29, 0.717) is 15.7 Å². The molecule has 1 heterocycles. The average molecular weight is 312 g/mol. The Balaban J connectivity index is 2.36. The summed E-state index contributed by atoms with van der Waals surface area (Å²) in [7, 11) is 1.38. The van der Waals surface area contributed by atoms with Crippen LogP contribution in [-0.4, -0.2) is 22.1 Å². The molecule has 10 heteroatoms. The van der Waals surface area contributed by atoms with Crippen LogP contribution in [0.25, 0.3) is 10.4 Å². The molecule has 2 aromatic rings. The van der Waals surface area contributed by atoms with Gasteiger partial charge in [-0.25, -0.2) is 0 Å². The molecule has 0 saturated heterocycles. The Morgan fingerprint density at radius 2 is 1.90 bits per heavy atom. The van der Waals surface area contributed by atoms with E-state index in [2.05, 4.69) is 30.3 Å². The van der Waals surface area contributed by atoms with Crippen molar-refractivity contribution in [3.05, 3.63) is 38.7 Å². The number of benzene rings is 1. The number of hydrogen-bond acceptors (Lipinski definition) is 6. The van der Waals surface area contributed by atoms with Gasteiger partial charge in [-0.2, -0.15) is 15.0 Å². The number of anilines is 2. The second-order valence-corrected chi connectivity index (χ2v) is 4.29. The van der Waals surface area contributed by atoms with Crippen LogP contribution in [0.3, 0.4) is 0 Å². The van der Waals surface area contributed by atoms with Gasteiger partial charge < -0.3 is 10.1 Å². The Labute approximate surface area is 123 Å². The molecule has 0 aliphatic heterocycles. The van der Waals surface area contributed by atoms with Crippen molar-refractivity contribution < 1.29 is 4.74 Å². The molecule has 0 atom stereocenters. The summed E-state index contributed by atoms with van der Waals surface area (Å²) in [5, 5.41) is 7.07. The van der Waals surface area contributed by atoms with E-state index in [9.17, 15) is 0 Å². The van der Waals surface area contributed by atoms with Gasteiger partial charge in [0, 0.05) is 20.6 Å². The molecule has 0 radical (unpaired) electrons. The summed E-state index contributed by atoms with van der Waals surface area (Å²) in [6, 6.07) is 4.87. The second kappa shape index (κ2) is 6.25. The lowest BCUT2D eigenvalue weighted by Gasteiger charge is -2.07. The molecule has 0 unspecified atom stereocenters. The maximum absolute atomic E-state index is 8.40. The summed E-state index contributed by atoms with van der Waals surface area (Å²) >= 11 is 11.8. The van der Waals surface area contributed by atoms with E-state index in [1.54, 1.807) is 18.2 Å². The van der Waals surface area contributed by atoms with Crippen molar-refractivity contribution >= 4 is 40.8 Å². The zero-order valence-electron chi connectivity index (χ0n) is 10.1. The second-order valence-electron chi connectivity index (χ2n) is 3.42. The van der Waals surface area contributed by atoms with Gasteiger partial charge in [0.1, 0.15) is 0 Å². The molecule has 20 heavy (non-hydrogen) atoms. The molecule has 8 nitrogen and oxygen atoms in total. The first-order valence-electron chi connectivity index (χ1n) is 5.19. The molecule has 0 bridgehead atoms. The fourth-order valence-electron chi connectivity index (χ4n) is 1.33. The third kappa shape index (κ3) is 3.61. The third-order valence-electron chi connectivity index (χ3n) is 2.04. The molecular weight excluding hydrogens is 305 g/mol. The zero-order valence-corrected chi connectivity index (χ0v) is 11.6. The van der Waals surface area contributed by atoms with Crippen LogP contribution in [0.4, 0.5) is 17.6 Å². The molecule has 0 aliphatic carbocycles. The van der Waals surface area contributed by atoms with Crippen molar-refractivity contribution in [2.24, 2.45) is 5.11 Å². The monoisotopic (exact) mass is 311 g/mol. The van der Waals surface area contributed by atoms with E-state index in [4.69, 9.17) is 33.5 Å². The highest BCUT2D eigenvalue weighted by Crippen LogP contribution is 2.25. The standard InChI is InChI=1S/C10H7Cl2N7O/c1-20-10-16-8(15-9(17-10)18-19-13)14-7-3-5(11)2-6(12)4-7/h2-4H,1H3,(H,14,15,16,17). The van der Waals surface area contributed by atoms with Crippen molar-refractivity contribution in [2.45, 2.75) is 0 Å². The van der Waals surface area contributed by atoms with Crippen LogP contribution in [-0.2, 0) is 0 Å². The highest BCUT2D eigenvalue weighted by Gasteiger charge is 2.07. The first-order valence-corrected chi connectivity index (χ1v) is 5.94. The zero-order chi connectivity index (χ0) is 14.5. The highest BCUT2D eigenvalue weighted by molar-refractivity contribution is 6.35. The van der Waals surface area contributed by atoms with Crippen LogP contribution in [0, 0.1) is 0 Å². The van der Waals surface area contributed by atoms with Crippen molar-refractivity contribution in [3.8, 4) is 6.01 Å². The Morgan fingerprint density at radius 1 is 1.20 bits per heavy atom. The quantitative estimate of drug-likeness (QED) is 0.523. The van der Waals surface area contributed by atoms with E-state index in [-0.39, 0.29) is 17.9 Å². The minimum atomic E-state index is -0.116. The van der Waals surface area contributed by atoms with Gasteiger partial charge in [-0.3, -0.25) is 0 Å². The number of azide groups is 1. The van der Waals surface area contributed by atoms with Gasteiger partial charge in [0.15, 0.2) is 0 Å². The molecule has 1 aromatic heterocycles. The number of nitrogens with one attached hydrogen (secondary N) is 1. The molecule has 1 N–H and O–H groups in total. The van der Waals surface area contributed by atoms with Crippen molar-refractivity contribution in [1.82, 2.24) is 15.0 Å². The van der Waals surface area contributed by atoms with E-state index in [0.717, 1.165) is 0 Å². The third-order valence-corrected chi connectivity index (χ3v) is 2.47. The summed E-state index contributed by atoms with van der Waals surface area (Å²) in [6.07, 6.45) is 0. The van der Waals surface area contributed by atoms with E-state index in [1.807, 2.05) is 0 Å². The fourth-order valence-corrected chi connectivity index (χ4v) is 1.86. The predicted molar refractivity (Wildman–Crippen MR) is 74.9 cm³/mol. The van der Waals surface area contributed by atoms with E-state index in [1.165, 1.54) is 7.11 Å². The van der Waals surface area contributed by atoms with Crippen molar-refractivity contribution in [2.75, 3.05) is 12.4 Å². The summed E-state index contributed by atoms with van der Waals surface area (Å²) in [4.78, 5) is 14.2. The maximum atomic E-state index is 8.40. The van der Waals surface area contributed by atoms with Gasteiger partial charge in [-0.15, -0.1) is 0 Å². The largest absolute Gasteiger partial charge is 0.467 e. The lowest BCUT2D eigenvalue weighted by molar-refractivity contribution is 0.379. The lowest BCUT2D eigenvalue weighted by Crippen LogP contribution is -2.01. The molecule has 0 amide bonds. The Hall–Kier alpha value is -2.28.